The van der Waals surface area contributed by atoms with Gasteiger partial charge >= 0.3 is 0 Å². The predicted molar refractivity (Wildman–Crippen MR) is 86.3 cm³/mol. The van der Waals surface area contributed by atoms with Crippen LogP contribution in [-0.2, 0) is 0 Å². The molecule has 0 saturated heterocycles. The Bertz CT molecular complexity index is 689. The highest BCUT2D eigenvalue weighted by Gasteiger charge is 2.16. The Morgan fingerprint density at radius 2 is 1.86 bits per heavy atom. The van der Waals surface area contributed by atoms with Crippen molar-refractivity contribution in [2.24, 2.45) is 0 Å². The topological polar surface area (TPSA) is 55.2 Å². The SMILES string of the molecule is Cc1ccc(NC(C)c2ccc(Cl)c(Cl)c2)c([N+](=O)[O-])c1. The van der Waals surface area contributed by atoms with Crippen LogP contribution in [0.4, 0.5) is 11.4 Å². The number of nitrogens with zero attached hydrogens (tertiary/aromatic N) is 1. The van der Waals surface area contributed by atoms with E-state index < -0.39 is 4.92 Å². The molecule has 1 N–H and O–H groups in total. The number of hydrogen-bond donors (Lipinski definition) is 1. The van der Waals surface area contributed by atoms with Crippen molar-refractivity contribution < 1.29 is 4.92 Å². The minimum absolute atomic E-state index is 0.0573. The number of aryl methyl sites for hydroxylation is 1. The smallest absolute Gasteiger partial charge is 0.292 e. The number of halogens is 2. The lowest BCUT2D eigenvalue weighted by molar-refractivity contribution is -0.384. The Labute approximate surface area is 132 Å². The molecule has 1 atom stereocenters. The number of rotatable bonds is 4. The highest BCUT2D eigenvalue weighted by molar-refractivity contribution is 6.42. The van der Waals surface area contributed by atoms with Crippen LogP contribution in [0.2, 0.25) is 10.0 Å². The normalized spacial score (nSPS) is 12.0. The van der Waals surface area contributed by atoms with Crippen LogP contribution in [0.15, 0.2) is 36.4 Å². The van der Waals surface area contributed by atoms with Crippen LogP contribution < -0.4 is 5.32 Å². The molecule has 0 spiro atoms. The molecule has 0 aliphatic heterocycles. The van der Waals surface area contributed by atoms with Gasteiger partial charge in [-0.1, -0.05) is 35.3 Å². The molecule has 4 nitrogen and oxygen atoms in total. The largest absolute Gasteiger partial charge is 0.373 e. The van der Waals surface area contributed by atoms with Gasteiger partial charge in [-0.2, -0.15) is 0 Å². The van der Waals surface area contributed by atoms with E-state index in [2.05, 4.69) is 5.32 Å². The molecule has 110 valence electrons. The summed E-state index contributed by atoms with van der Waals surface area (Å²) in [5.41, 5.74) is 2.28. The molecule has 0 aliphatic carbocycles. The van der Waals surface area contributed by atoms with Crippen molar-refractivity contribution in [1.29, 1.82) is 0 Å². The molecule has 0 aliphatic rings. The molecule has 2 rings (SSSR count). The van der Waals surface area contributed by atoms with Gasteiger partial charge in [-0.15, -0.1) is 0 Å². The van der Waals surface area contributed by atoms with Gasteiger partial charge in [-0.05, 0) is 43.2 Å². The quantitative estimate of drug-likeness (QED) is 0.606. The van der Waals surface area contributed by atoms with Crippen molar-refractivity contribution in [3.63, 3.8) is 0 Å². The number of anilines is 1. The van der Waals surface area contributed by atoms with Crippen molar-refractivity contribution in [3.8, 4) is 0 Å². The van der Waals surface area contributed by atoms with Crippen molar-refractivity contribution in [1.82, 2.24) is 0 Å². The van der Waals surface area contributed by atoms with E-state index in [4.69, 9.17) is 23.2 Å². The van der Waals surface area contributed by atoms with E-state index in [1.165, 1.54) is 0 Å². The van der Waals surface area contributed by atoms with Crippen molar-refractivity contribution in [3.05, 3.63) is 67.7 Å². The van der Waals surface area contributed by atoms with Crippen LogP contribution >= 0.6 is 23.2 Å². The van der Waals surface area contributed by atoms with E-state index in [1.54, 1.807) is 24.3 Å². The summed E-state index contributed by atoms with van der Waals surface area (Å²) in [6.07, 6.45) is 0. The zero-order valence-electron chi connectivity index (χ0n) is 11.6. The highest BCUT2D eigenvalue weighted by Crippen LogP contribution is 2.31. The Balaban J connectivity index is 2.29. The van der Waals surface area contributed by atoms with Crippen LogP contribution in [0.3, 0.4) is 0 Å². The molecule has 2 aromatic carbocycles. The van der Waals surface area contributed by atoms with Gasteiger partial charge in [0.1, 0.15) is 5.69 Å². The summed E-state index contributed by atoms with van der Waals surface area (Å²) in [5.74, 6) is 0. The van der Waals surface area contributed by atoms with Gasteiger partial charge in [0, 0.05) is 12.1 Å². The number of hydrogen-bond acceptors (Lipinski definition) is 3. The lowest BCUT2D eigenvalue weighted by atomic mass is 10.1. The molecule has 2 aromatic rings. The maximum atomic E-state index is 11.1. The van der Waals surface area contributed by atoms with E-state index in [1.807, 2.05) is 26.0 Å². The molecular weight excluding hydrogens is 311 g/mol. The monoisotopic (exact) mass is 324 g/mol. The molecule has 0 radical (unpaired) electrons. The van der Waals surface area contributed by atoms with Gasteiger partial charge in [0.25, 0.3) is 5.69 Å². The number of nitrogens with one attached hydrogen (secondary N) is 1. The molecule has 0 saturated carbocycles. The maximum absolute atomic E-state index is 11.1. The average molecular weight is 325 g/mol. The zero-order valence-corrected chi connectivity index (χ0v) is 13.1. The lowest BCUT2D eigenvalue weighted by Gasteiger charge is -2.16. The van der Waals surface area contributed by atoms with Gasteiger partial charge in [0.15, 0.2) is 0 Å². The second-order valence-corrected chi connectivity index (χ2v) is 5.63. The fourth-order valence-electron chi connectivity index (χ4n) is 2.01. The Morgan fingerprint density at radius 3 is 2.48 bits per heavy atom. The van der Waals surface area contributed by atoms with E-state index in [0.29, 0.717) is 15.7 Å². The third kappa shape index (κ3) is 3.65. The molecule has 0 bridgehead atoms. The predicted octanol–water partition coefficient (Wildman–Crippen LogP) is 5.38. The van der Waals surface area contributed by atoms with Gasteiger partial charge in [0.2, 0.25) is 0 Å². The standard InChI is InChI=1S/C15H14Cl2N2O2/c1-9-3-6-14(15(7-9)19(20)21)18-10(2)11-4-5-12(16)13(17)8-11/h3-8,10,18H,1-2H3. The first kappa shape index (κ1) is 15.6. The van der Waals surface area contributed by atoms with Crippen LogP contribution in [0.5, 0.6) is 0 Å². The van der Waals surface area contributed by atoms with Gasteiger partial charge in [-0.25, -0.2) is 0 Å². The molecule has 21 heavy (non-hydrogen) atoms. The van der Waals surface area contributed by atoms with E-state index in [0.717, 1.165) is 11.1 Å². The molecule has 0 aromatic heterocycles. The number of benzene rings is 2. The first-order valence-corrected chi connectivity index (χ1v) is 7.10. The fourth-order valence-corrected chi connectivity index (χ4v) is 2.32. The van der Waals surface area contributed by atoms with Gasteiger partial charge in [-0.3, -0.25) is 10.1 Å². The highest BCUT2D eigenvalue weighted by atomic mass is 35.5. The molecule has 0 fully saturated rings. The summed E-state index contributed by atoms with van der Waals surface area (Å²) >= 11 is 11.9. The Morgan fingerprint density at radius 1 is 1.14 bits per heavy atom. The van der Waals surface area contributed by atoms with Gasteiger partial charge < -0.3 is 5.32 Å². The Kier molecular flexibility index (Phi) is 4.70. The molecule has 1 unspecified atom stereocenters. The van der Waals surface area contributed by atoms with E-state index in [9.17, 15) is 10.1 Å². The summed E-state index contributed by atoms with van der Waals surface area (Å²) in [6, 6.07) is 10.2. The second-order valence-electron chi connectivity index (χ2n) is 4.82. The average Bonchev–Trinajstić information content (AvgIpc) is 2.43. The van der Waals surface area contributed by atoms with E-state index >= 15 is 0 Å². The first-order chi connectivity index (χ1) is 9.88. The second kappa shape index (κ2) is 6.33. The summed E-state index contributed by atoms with van der Waals surface area (Å²) < 4.78 is 0. The van der Waals surface area contributed by atoms with E-state index in [-0.39, 0.29) is 11.7 Å². The van der Waals surface area contributed by atoms with Crippen LogP contribution in [0.1, 0.15) is 24.1 Å². The maximum Gasteiger partial charge on any atom is 0.292 e. The first-order valence-electron chi connectivity index (χ1n) is 6.35. The summed E-state index contributed by atoms with van der Waals surface area (Å²) in [6.45, 7) is 3.72. The summed E-state index contributed by atoms with van der Waals surface area (Å²) in [4.78, 5) is 10.7. The van der Waals surface area contributed by atoms with Crippen molar-refractivity contribution in [2.45, 2.75) is 19.9 Å². The minimum Gasteiger partial charge on any atom is -0.373 e. The minimum atomic E-state index is -0.392. The molecule has 6 heteroatoms. The summed E-state index contributed by atoms with van der Waals surface area (Å²) in [7, 11) is 0. The zero-order chi connectivity index (χ0) is 15.6. The fraction of sp³-hybridized carbons (Fsp3) is 0.200. The van der Waals surface area contributed by atoms with Gasteiger partial charge in [0.05, 0.1) is 15.0 Å². The third-order valence-electron chi connectivity index (χ3n) is 3.17. The summed E-state index contributed by atoms with van der Waals surface area (Å²) in [5, 5.41) is 15.2. The Hall–Kier alpha value is -1.78. The van der Waals surface area contributed by atoms with Crippen LogP contribution in [0.25, 0.3) is 0 Å². The van der Waals surface area contributed by atoms with Crippen molar-refractivity contribution >= 4 is 34.6 Å². The molecule has 0 amide bonds. The third-order valence-corrected chi connectivity index (χ3v) is 3.90. The number of nitro benzene ring substituents is 1. The molecular formula is C15H14Cl2N2O2. The van der Waals surface area contributed by atoms with Crippen molar-refractivity contribution in [2.75, 3.05) is 5.32 Å². The number of nitro groups is 1. The molecule has 0 heterocycles. The van der Waals surface area contributed by atoms with Crippen LogP contribution in [-0.4, -0.2) is 4.92 Å². The van der Waals surface area contributed by atoms with Crippen LogP contribution in [0, 0.1) is 17.0 Å². The lowest BCUT2D eigenvalue weighted by Crippen LogP contribution is -2.08.